The maximum absolute atomic E-state index is 12.0. The van der Waals surface area contributed by atoms with E-state index in [-0.39, 0.29) is 5.91 Å². The Morgan fingerprint density at radius 2 is 1.71 bits per heavy atom. The van der Waals surface area contributed by atoms with E-state index in [1.54, 1.807) is 39.3 Å². The van der Waals surface area contributed by atoms with Crippen LogP contribution in [0.3, 0.4) is 0 Å². The summed E-state index contributed by atoms with van der Waals surface area (Å²) >= 11 is 0. The van der Waals surface area contributed by atoms with Crippen molar-refractivity contribution in [3.05, 3.63) is 23.3 Å². The third-order valence-corrected chi connectivity index (χ3v) is 2.63. The van der Waals surface area contributed by atoms with Gasteiger partial charge in [0.15, 0.2) is 11.5 Å². The molecule has 0 unspecified atom stereocenters. The molecule has 17 heavy (non-hydrogen) atoms. The fraction of sp³-hybridized carbons (Fsp3) is 0.462. The first-order valence-corrected chi connectivity index (χ1v) is 5.51. The van der Waals surface area contributed by atoms with Crippen LogP contribution in [0.1, 0.15) is 22.8 Å². The van der Waals surface area contributed by atoms with E-state index in [1.807, 2.05) is 13.0 Å². The quantitative estimate of drug-likeness (QED) is 0.803. The van der Waals surface area contributed by atoms with Gasteiger partial charge in [-0.3, -0.25) is 4.79 Å². The molecule has 0 saturated heterocycles. The van der Waals surface area contributed by atoms with Gasteiger partial charge in [0.1, 0.15) is 0 Å². The lowest BCUT2D eigenvalue weighted by Crippen LogP contribution is -2.23. The minimum absolute atomic E-state index is 0.0252. The number of aryl methyl sites for hydroxylation is 1. The van der Waals surface area contributed by atoms with Gasteiger partial charge in [0.05, 0.1) is 14.2 Å². The van der Waals surface area contributed by atoms with Crippen molar-refractivity contribution in [2.75, 3.05) is 28.3 Å². The van der Waals surface area contributed by atoms with Crippen molar-refractivity contribution in [3.63, 3.8) is 0 Å². The van der Waals surface area contributed by atoms with Crippen LogP contribution in [-0.2, 0) is 6.42 Å². The van der Waals surface area contributed by atoms with Gasteiger partial charge in [-0.2, -0.15) is 0 Å². The van der Waals surface area contributed by atoms with Crippen molar-refractivity contribution in [3.8, 4) is 11.5 Å². The van der Waals surface area contributed by atoms with Crippen molar-refractivity contribution in [2.45, 2.75) is 13.3 Å². The summed E-state index contributed by atoms with van der Waals surface area (Å²) in [5.74, 6) is 1.21. The molecule has 0 aromatic heterocycles. The van der Waals surface area contributed by atoms with E-state index in [0.29, 0.717) is 17.1 Å². The summed E-state index contributed by atoms with van der Waals surface area (Å²) in [6.07, 6.45) is 0.773. The van der Waals surface area contributed by atoms with Crippen molar-refractivity contribution in [1.82, 2.24) is 4.90 Å². The molecule has 0 aliphatic carbocycles. The summed E-state index contributed by atoms with van der Waals surface area (Å²) < 4.78 is 10.4. The van der Waals surface area contributed by atoms with E-state index in [0.717, 1.165) is 12.0 Å². The van der Waals surface area contributed by atoms with Gasteiger partial charge in [-0.05, 0) is 24.1 Å². The molecule has 1 rings (SSSR count). The smallest absolute Gasteiger partial charge is 0.253 e. The molecule has 1 aromatic rings. The van der Waals surface area contributed by atoms with E-state index in [4.69, 9.17) is 9.47 Å². The predicted octanol–water partition coefficient (Wildman–Crippen LogP) is 1.97. The van der Waals surface area contributed by atoms with E-state index >= 15 is 0 Å². The van der Waals surface area contributed by atoms with Crippen molar-refractivity contribution < 1.29 is 14.3 Å². The number of rotatable bonds is 4. The average Bonchev–Trinajstić information content (AvgIpc) is 2.35. The molecule has 0 atom stereocenters. The second kappa shape index (κ2) is 5.57. The van der Waals surface area contributed by atoms with Gasteiger partial charge in [-0.1, -0.05) is 6.92 Å². The highest BCUT2D eigenvalue weighted by molar-refractivity contribution is 5.96. The van der Waals surface area contributed by atoms with Gasteiger partial charge >= 0.3 is 0 Å². The molecule has 94 valence electrons. The standard InChI is InChI=1S/C13H19NO3/c1-6-9-7-11(16-4)12(17-5)8-10(9)13(15)14(2)3/h7-8H,6H2,1-5H3. The van der Waals surface area contributed by atoms with Gasteiger partial charge in [-0.15, -0.1) is 0 Å². The maximum Gasteiger partial charge on any atom is 0.253 e. The summed E-state index contributed by atoms with van der Waals surface area (Å²) in [7, 11) is 6.62. The molecule has 0 fully saturated rings. The van der Waals surface area contributed by atoms with Crippen LogP contribution in [0.5, 0.6) is 11.5 Å². The van der Waals surface area contributed by atoms with Crippen LogP contribution in [0, 0.1) is 0 Å². The number of amides is 1. The molecule has 0 aliphatic heterocycles. The van der Waals surface area contributed by atoms with Crippen molar-refractivity contribution in [2.24, 2.45) is 0 Å². The first-order valence-electron chi connectivity index (χ1n) is 5.51. The number of hydrogen-bond acceptors (Lipinski definition) is 3. The number of methoxy groups -OCH3 is 2. The molecule has 0 aliphatic rings. The molecule has 0 N–H and O–H groups in total. The SMILES string of the molecule is CCc1cc(OC)c(OC)cc1C(=O)N(C)C. The molecule has 4 heteroatoms. The number of benzene rings is 1. The number of carbonyl (C=O) groups is 1. The van der Waals surface area contributed by atoms with Crippen LogP contribution in [0.4, 0.5) is 0 Å². The fourth-order valence-electron chi connectivity index (χ4n) is 1.65. The number of carbonyl (C=O) groups excluding carboxylic acids is 1. The Kier molecular flexibility index (Phi) is 4.37. The molecule has 0 bridgehead atoms. The lowest BCUT2D eigenvalue weighted by Gasteiger charge is -2.16. The Morgan fingerprint density at radius 1 is 1.18 bits per heavy atom. The minimum Gasteiger partial charge on any atom is -0.493 e. The first-order chi connectivity index (χ1) is 8.04. The van der Waals surface area contributed by atoms with Gasteiger partial charge < -0.3 is 14.4 Å². The molecule has 0 heterocycles. The zero-order valence-electron chi connectivity index (χ0n) is 11.0. The van der Waals surface area contributed by atoms with E-state index in [9.17, 15) is 4.79 Å². The highest BCUT2D eigenvalue weighted by Crippen LogP contribution is 2.31. The molecular weight excluding hydrogens is 218 g/mol. The highest BCUT2D eigenvalue weighted by atomic mass is 16.5. The molecule has 0 spiro atoms. The van der Waals surface area contributed by atoms with Gasteiger partial charge in [-0.25, -0.2) is 0 Å². The molecule has 0 radical (unpaired) electrons. The Morgan fingerprint density at radius 3 is 2.12 bits per heavy atom. The van der Waals surface area contributed by atoms with Crippen LogP contribution < -0.4 is 9.47 Å². The molecule has 1 aromatic carbocycles. The third-order valence-electron chi connectivity index (χ3n) is 2.63. The first kappa shape index (κ1) is 13.4. The topological polar surface area (TPSA) is 38.8 Å². The summed E-state index contributed by atoms with van der Waals surface area (Å²) in [6.45, 7) is 2.01. The number of hydrogen-bond donors (Lipinski definition) is 0. The molecule has 1 amide bonds. The normalized spacial score (nSPS) is 9.94. The van der Waals surface area contributed by atoms with Gasteiger partial charge in [0.2, 0.25) is 0 Å². The Balaban J connectivity index is 3.33. The summed E-state index contributed by atoms with van der Waals surface area (Å²) in [4.78, 5) is 13.6. The molecule has 4 nitrogen and oxygen atoms in total. The van der Waals surface area contributed by atoms with E-state index < -0.39 is 0 Å². The molecular formula is C13H19NO3. The summed E-state index contributed by atoms with van der Waals surface area (Å²) in [5.41, 5.74) is 1.62. The van der Waals surface area contributed by atoms with Crippen LogP contribution in [0.25, 0.3) is 0 Å². The fourth-order valence-corrected chi connectivity index (χ4v) is 1.65. The van der Waals surface area contributed by atoms with Gasteiger partial charge in [0, 0.05) is 19.7 Å². The van der Waals surface area contributed by atoms with E-state index in [2.05, 4.69) is 0 Å². The van der Waals surface area contributed by atoms with Crippen LogP contribution in [0.15, 0.2) is 12.1 Å². The average molecular weight is 237 g/mol. The maximum atomic E-state index is 12.0. The Bertz CT molecular complexity index is 413. The second-order valence-electron chi connectivity index (χ2n) is 3.92. The Hall–Kier alpha value is -1.71. The van der Waals surface area contributed by atoms with Gasteiger partial charge in [0.25, 0.3) is 5.91 Å². The summed E-state index contributed by atoms with van der Waals surface area (Å²) in [6, 6.07) is 3.59. The third kappa shape index (κ3) is 2.70. The number of ether oxygens (including phenoxy) is 2. The monoisotopic (exact) mass is 237 g/mol. The second-order valence-corrected chi connectivity index (χ2v) is 3.92. The minimum atomic E-state index is -0.0252. The van der Waals surface area contributed by atoms with Crippen LogP contribution >= 0.6 is 0 Å². The lowest BCUT2D eigenvalue weighted by molar-refractivity contribution is 0.0826. The van der Waals surface area contributed by atoms with Crippen molar-refractivity contribution >= 4 is 5.91 Å². The highest BCUT2D eigenvalue weighted by Gasteiger charge is 2.16. The molecule has 0 saturated carbocycles. The largest absolute Gasteiger partial charge is 0.493 e. The van der Waals surface area contributed by atoms with Crippen molar-refractivity contribution in [1.29, 1.82) is 0 Å². The lowest BCUT2D eigenvalue weighted by atomic mass is 10.0. The predicted molar refractivity (Wildman–Crippen MR) is 66.9 cm³/mol. The van der Waals surface area contributed by atoms with Crippen LogP contribution in [-0.4, -0.2) is 39.1 Å². The Labute approximate surface area is 102 Å². The number of nitrogens with zero attached hydrogens (tertiary/aromatic N) is 1. The zero-order valence-corrected chi connectivity index (χ0v) is 11.0. The zero-order chi connectivity index (χ0) is 13.0. The van der Waals surface area contributed by atoms with E-state index in [1.165, 1.54) is 0 Å². The van der Waals surface area contributed by atoms with Crippen LogP contribution in [0.2, 0.25) is 0 Å². The summed E-state index contributed by atoms with van der Waals surface area (Å²) in [5, 5.41) is 0.